The van der Waals surface area contributed by atoms with Crippen molar-refractivity contribution >= 4 is 28.3 Å². The van der Waals surface area contributed by atoms with Gasteiger partial charge in [0.05, 0.1) is 0 Å². The monoisotopic (exact) mass is 360 g/mol. The van der Waals surface area contributed by atoms with E-state index in [1.165, 1.54) is 16.9 Å². The van der Waals surface area contributed by atoms with Gasteiger partial charge >= 0.3 is 0 Å². The summed E-state index contributed by atoms with van der Waals surface area (Å²) in [5, 5.41) is 14.9. The minimum absolute atomic E-state index is 0.0278. The summed E-state index contributed by atoms with van der Waals surface area (Å²) in [5.74, 6) is -0.374. The number of carbonyl (C=O) groups excluding carboxylic acids is 2. The lowest BCUT2D eigenvalue weighted by Gasteiger charge is -2.22. The lowest BCUT2D eigenvalue weighted by Crippen LogP contribution is -2.47. The molecule has 0 bridgehead atoms. The van der Waals surface area contributed by atoms with E-state index < -0.39 is 6.04 Å². The summed E-state index contributed by atoms with van der Waals surface area (Å²) in [6, 6.07) is 7.39. The van der Waals surface area contributed by atoms with Gasteiger partial charge in [0.1, 0.15) is 11.0 Å². The molecule has 0 spiro atoms. The van der Waals surface area contributed by atoms with Gasteiger partial charge in [-0.25, -0.2) is 0 Å². The molecule has 2 aromatic rings. The average Bonchev–Trinajstić information content (AvgIpc) is 3.07. The second-order valence-electron chi connectivity index (χ2n) is 6.05. The average molecular weight is 360 g/mol. The second kappa shape index (κ2) is 8.71. The molecule has 0 fully saturated rings. The number of anilines is 1. The maximum absolute atomic E-state index is 12.6. The fourth-order valence-corrected chi connectivity index (χ4v) is 3.00. The normalized spacial score (nSPS) is 13.1. The van der Waals surface area contributed by atoms with E-state index in [1.807, 2.05) is 45.0 Å². The fraction of sp³-hybridized carbons (Fsp3) is 0.444. The number of aromatic nitrogens is 2. The number of carbonyl (C=O) groups is 2. The van der Waals surface area contributed by atoms with Crippen molar-refractivity contribution in [1.29, 1.82) is 0 Å². The Morgan fingerprint density at radius 3 is 2.44 bits per heavy atom. The van der Waals surface area contributed by atoms with E-state index in [2.05, 4.69) is 20.8 Å². The summed E-state index contributed by atoms with van der Waals surface area (Å²) >= 11 is 1.31. The highest BCUT2D eigenvalue weighted by molar-refractivity contribution is 7.18. The van der Waals surface area contributed by atoms with E-state index in [9.17, 15) is 9.59 Å². The molecule has 0 saturated carbocycles. The van der Waals surface area contributed by atoms with Crippen LogP contribution in [0.5, 0.6) is 0 Å². The van der Waals surface area contributed by atoms with Crippen LogP contribution in [0.1, 0.15) is 39.2 Å². The van der Waals surface area contributed by atoms with Gasteiger partial charge in [-0.05, 0) is 12.8 Å². The minimum Gasteiger partial charge on any atom is -0.344 e. The molecule has 2 rings (SSSR count). The zero-order chi connectivity index (χ0) is 18.4. The van der Waals surface area contributed by atoms with E-state index in [1.54, 1.807) is 6.92 Å². The van der Waals surface area contributed by atoms with Crippen molar-refractivity contribution in [3.8, 4) is 10.6 Å². The smallest absolute Gasteiger partial charge is 0.249 e. The third-order valence-corrected chi connectivity index (χ3v) is 4.97. The Morgan fingerprint density at radius 1 is 1.16 bits per heavy atom. The van der Waals surface area contributed by atoms with Crippen LogP contribution in [0.15, 0.2) is 24.3 Å². The molecule has 2 atom stereocenters. The zero-order valence-corrected chi connectivity index (χ0v) is 15.8. The summed E-state index contributed by atoms with van der Waals surface area (Å²) < 4.78 is 0. The van der Waals surface area contributed by atoms with Crippen molar-refractivity contribution in [2.24, 2.45) is 5.92 Å². The van der Waals surface area contributed by atoms with Gasteiger partial charge in [-0.3, -0.25) is 14.9 Å². The fourth-order valence-electron chi connectivity index (χ4n) is 2.25. The predicted octanol–water partition coefficient (Wildman–Crippen LogP) is 3.39. The number of hydrogen-bond acceptors (Lipinski definition) is 5. The van der Waals surface area contributed by atoms with Gasteiger partial charge < -0.3 is 5.32 Å². The molecule has 25 heavy (non-hydrogen) atoms. The SMILES string of the molecule is CCC(=O)N[C@H](C(=O)Nc1nnc(-c2ccc(C)cc2)s1)[C@@H](C)CC. The van der Waals surface area contributed by atoms with Crippen LogP contribution in [0, 0.1) is 12.8 Å². The zero-order valence-electron chi connectivity index (χ0n) is 15.0. The first-order valence-corrected chi connectivity index (χ1v) is 9.27. The maximum Gasteiger partial charge on any atom is 0.249 e. The molecule has 7 heteroatoms. The minimum atomic E-state index is -0.579. The van der Waals surface area contributed by atoms with Gasteiger partial charge in [-0.2, -0.15) is 0 Å². The van der Waals surface area contributed by atoms with Gasteiger partial charge in [0.25, 0.3) is 0 Å². The molecule has 0 aliphatic carbocycles. The summed E-state index contributed by atoms with van der Waals surface area (Å²) in [6.07, 6.45) is 1.13. The van der Waals surface area contributed by atoms with E-state index in [4.69, 9.17) is 0 Å². The molecule has 2 N–H and O–H groups in total. The Bertz CT molecular complexity index is 727. The predicted molar refractivity (Wildman–Crippen MR) is 100 cm³/mol. The number of rotatable bonds is 7. The Kier molecular flexibility index (Phi) is 6.64. The van der Waals surface area contributed by atoms with Gasteiger partial charge in [0.15, 0.2) is 0 Å². The first kappa shape index (κ1) is 19.1. The molecular formula is C18H24N4O2S. The highest BCUT2D eigenvalue weighted by atomic mass is 32.1. The lowest BCUT2D eigenvalue weighted by atomic mass is 9.98. The summed E-state index contributed by atoms with van der Waals surface area (Å²) in [6.45, 7) is 7.72. The van der Waals surface area contributed by atoms with Gasteiger partial charge in [0.2, 0.25) is 16.9 Å². The standard InChI is InChI=1S/C18H24N4O2S/c1-5-12(4)15(19-14(23)6-2)16(24)20-18-22-21-17(25-18)13-9-7-11(3)8-10-13/h7-10,12,15H,5-6H2,1-4H3,(H,19,23)(H,20,22,24)/t12-,15-/m0/s1. The molecule has 0 aliphatic rings. The quantitative estimate of drug-likeness (QED) is 0.793. The molecule has 0 radical (unpaired) electrons. The third kappa shape index (κ3) is 5.09. The molecule has 0 unspecified atom stereocenters. The third-order valence-electron chi connectivity index (χ3n) is 4.09. The van der Waals surface area contributed by atoms with Crippen molar-refractivity contribution in [1.82, 2.24) is 15.5 Å². The molecule has 1 aromatic heterocycles. The molecule has 0 saturated heterocycles. The van der Waals surface area contributed by atoms with E-state index in [0.717, 1.165) is 17.0 Å². The Balaban J connectivity index is 2.10. The van der Waals surface area contributed by atoms with Crippen molar-refractivity contribution in [2.45, 2.75) is 46.6 Å². The molecule has 1 aromatic carbocycles. The number of amides is 2. The number of nitrogens with one attached hydrogen (secondary N) is 2. The van der Waals surface area contributed by atoms with Crippen molar-refractivity contribution in [3.05, 3.63) is 29.8 Å². The molecule has 6 nitrogen and oxygen atoms in total. The highest BCUT2D eigenvalue weighted by Gasteiger charge is 2.26. The van der Waals surface area contributed by atoms with Crippen LogP contribution in [0.2, 0.25) is 0 Å². The first-order chi connectivity index (χ1) is 11.9. The number of benzene rings is 1. The van der Waals surface area contributed by atoms with Gasteiger partial charge in [0, 0.05) is 12.0 Å². The largest absolute Gasteiger partial charge is 0.344 e. The number of aryl methyl sites for hydroxylation is 1. The molecule has 134 valence electrons. The number of hydrogen-bond donors (Lipinski definition) is 2. The summed E-state index contributed by atoms with van der Waals surface area (Å²) in [7, 11) is 0. The van der Waals surface area contributed by atoms with E-state index in [0.29, 0.717) is 11.6 Å². The molecule has 0 aliphatic heterocycles. The van der Waals surface area contributed by atoms with Crippen molar-refractivity contribution < 1.29 is 9.59 Å². The molecule has 1 heterocycles. The van der Waals surface area contributed by atoms with Crippen LogP contribution in [0.3, 0.4) is 0 Å². The van der Waals surface area contributed by atoms with Crippen LogP contribution < -0.4 is 10.6 Å². The second-order valence-corrected chi connectivity index (χ2v) is 7.03. The first-order valence-electron chi connectivity index (χ1n) is 8.45. The summed E-state index contributed by atoms with van der Waals surface area (Å²) in [4.78, 5) is 24.3. The maximum atomic E-state index is 12.6. The molecular weight excluding hydrogens is 336 g/mol. The van der Waals surface area contributed by atoms with Crippen LogP contribution >= 0.6 is 11.3 Å². The van der Waals surface area contributed by atoms with Crippen molar-refractivity contribution in [2.75, 3.05) is 5.32 Å². The Hall–Kier alpha value is -2.28. The highest BCUT2D eigenvalue weighted by Crippen LogP contribution is 2.26. The van der Waals surface area contributed by atoms with E-state index >= 15 is 0 Å². The van der Waals surface area contributed by atoms with Crippen LogP contribution in [-0.2, 0) is 9.59 Å². The Labute approximate surface area is 152 Å². The topological polar surface area (TPSA) is 84.0 Å². The van der Waals surface area contributed by atoms with Crippen LogP contribution in [0.25, 0.3) is 10.6 Å². The van der Waals surface area contributed by atoms with Crippen LogP contribution in [-0.4, -0.2) is 28.1 Å². The van der Waals surface area contributed by atoms with E-state index in [-0.39, 0.29) is 17.7 Å². The molecule has 2 amide bonds. The van der Waals surface area contributed by atoms with Crippen molar-refractivity contribution in [3.63, 3.8) is 0 Å². The summed E-state index contributed by atoms with van der Waals surface area (Å²) in [5.41, 5.74) is 2.13. The van der Waals surface area contributed by atoms with Gasteiger partial charge in [-0.15, -0.1) is 10.2 Å². The lowest BCUT2D eigenvalue weighted by molar-refractivity contribution is -0.127. The number of nitrogens with zero attached hydrogens (tertiary/aromatic N) is 2. The van der Waals surface area contributed by atoms with Gasteiger partial charge in [-0.1, -0.05) is 68.4 Å². The van der Waals surface area contributed by atoms with Crippen LogP contribution in [0.4, 0.5) is 5.13 Å². The Morgan fingerprint density at radius 2 is 1.84 bits per heavy atom.